The molecule has 0 aliphatic heterocycles. The molecular weight excluding hydrogens is 833 g/mol. The quantitative estimate of drug-likeness (QED) is 0.0337. The van der Waals surface area contributed by atoms with Crippen LogP contribution in [0.2, 0.25) is 0 Å². The summed E-state index contributed by atoms with van der Waals surface area (Å²) < 4.78 is 252. The van der Waals surface area contributed by atoms with Gasteiger partial charge in [0.05, 0.1) is 18.8 Å². The van der Waals surface area contributed by atoms with Crippen molar-refractivity contribution in [2.75, 3.05) is 6.61 Å². The standard InChI is InChI=1S/C26H35F17O9P.Na/c1-2-3-4-5-6-7-8-9-14(52-53(49,50)51-13-16(46)18(48)17(47)15(45)12-44)10-11-19(27,28)20(29,30)21(31,32)22(33,34)23(35,36)24(37,38)25(39,40)26(41,42)43;/h12,14-18,46-48H,2-11,13H2,1H3,(H,49,50);/q-1;+1/t14?,15-,16+,17+,18-;/m0./s1. The molecule has 0 aromatic rings. The van der Waals surface area contributed by atoms with Crippen molar-refractivity contribution in [3.05, 3.63) is 0 Å². The SMILES string of the molecule is CCCCCCCCCC(CCC(F)(F)C(F)(F)C(F)(F)C(F)(F)C(F)(F)C(F)(F)C(F)(F)C(F)(F)F)OP(=O)(O)OC[C@@H](O)[C@H](O)[C@H](O)[C@@H]([O-])C=O.[Na+]. The summed E-state index contributed by atoms with van der Waals surface area (Å²) in [5.41, 5.74) is 0. The molecule has 0 aliphatic carbocycles. The summed E-state index contributed by atoms with van der Waals surface area (Å²) in [7, 11) is -5.77. The molecule has 0 amide bonds. The van der Waals surface area contributed by atoms with E-state index in [1.807, 2.05) is 6.92 Å². The topological polar surface area (TPSA) is 157 Å². The molecule has 9 nitrogen and oxygen atoms in total. The minimum atomic E-state index is -8.80. The van der Waals surface area contributed by atoms with Crippen molar-refractivity contribution in [3.8, 4) is 0 Å². The van der Waals surface area contributed by atoms with Crippen LogP contribution >= 0.6 is 7.82 Å². The predicted molar refractivity (Wildman–Crippen MR) is 141 cm³/mol. The monoisotopic (exact) mass is 868 g/mol. The second-order valence-electron chi connectivity index (χ2n) is 11.7. The maximum atomic E-state index is 14.5. The van der Waals surface area contributed by atoms with Gasteiger partial charge in [0.25, 0.3) is 0 Å². The Bertz CT molecular complexity index is 1200. The number of aliphatic hydroxyl groups is 3. The smallest absolute Gasteiger partial charge is 0.845 e. The number of carbonyl (C=O) groups is 1. The fraction of sp³-hybridized carbons (Fsp3) is 0.962. The van der Waals surface area contributed by atoms with E-state index in [9.17, 15) is 109 Å². The first kappa shape index (κ1) is 55.5. The van der Waals surface area contributed by atoms with Crippen LogP contribution in [0.15, 0.2) is 0 Å². The molecule has 0 saturated carbocycles. The molecule has 0 fully saturated rings. The molecule has 0 radical (unpaired) electrons. The van der Waals surface area contributed by atoms with Crippen LogP contribution in [0.1, 0.15) is 71.1 Å². The normalized spacial score (nSPS) is 18.3. The van der Waals surface area contributed by atoms with Gasteiger partial charge in [0.2, 0.25) is 0 Å². The average molecular weight is 868 g/mol. The van der Waals surface area contributed by atoms with E-state index in [2.05, 4.69) is 9.05 Å². The van der Waals surface area contributed by atoms with Crippen molar-refractivity contribution in [1.29, 1.82) is 0 Å². The fourth-order valence-electron chi connectivity index (χ4n) is 4.26. The number of aldehydes is 1. The molecule has 318 valence electrons. The maximum absolute atomic E-state index is 14.5. The van der Waals surface area contributed by atoms with E-state index in [4.69, 9.17) is 0 Å². The number of phosphoric ester groups is 1. The summed E-state index contributed by atoms with van der Waals surface area (Å²) in [6.07, 6.45) is -23.4. The van der Waals surface area contributed by atoms with Gasteiger partial charge in [-0.25, -0.2) is 4.57 Å². The van der Waals surface area contributed by atoms with Gasteiger partial charge in [-0.2, -0.15) is 74.6 Å². The number of phosphoric acid groups is 1. The molecular formula is C26H35F17NaO9P. The molecule has 0 bridgehead atoms. The van der Waals surface area contributed by atoms with Gasteiger partial charge in [-0.3, -0.25) is 9.05 Å². The van der Waals surface area contributed by atoms with Gasteiger partial charge in [-0.05, 0) is 18.9 Å². The zero-order chi connectivity index (χ0) is 42.3. The fourth-order valence-corrected chi connectivity index (χ4v) is 5.25. The molecule has 0 spiro atoms. The van der Waals surface area contributed by atoms with Gasteiger partial charge in [-0.15, -0.1) is 0 Å². The van der Waals surface area contributed by atoms with Gasteiger partial charge in [0, 0.05) is 6.42 Å². The van der Waals surface area contributed by atoms with E-state index < -0.39 is 118 Å². The van der Waals surface area contributed by atoms with E-state index in [0.717, 1.165) is 12.8 Å². The van der Waals surface area contributed by atoms with Gasteiger partial charge >= 0.3 is 85.0 Å². The summed E-state index contributed by atoms with van der Waals surface area (Å²) in [6, 6.07) is 0. The second-order valence-corrected chi connectivity index (χ2v) is 13.1. The molecule has 0 aliphatic rings. The molecule has 54 heavy (non-hydrogen) atoms. The van der Waals surface area contributed by atoms with Gasteiger partial charge in [0.15, 0.2) is 0 Å². The maximum Gasteiger partial charge on any atom is 1.00 e. The van der Waals surface area contributed by atoms with Crippen LogP contribution in [0.25, 0.3) is 0 Å². The third kappa shape index (κ3) is 12.5. The minimum absolute atomic E-state index is 0. The van der Waals surface area contributed by atoms with E-state index in [0.29, 0.717) is 19.3 Å². The van der Waals surface area contributed by atoms with Crippen molar-refractivity contribution in [2.24, 2.45) is 0 Å². The van der Waals surface area contributed by atoms with Gasteiger partial charge < -0.3 is 30.1 Å². The summed E-state index contributed by atoms with van der Waals surface area (Å²) in [5.74, 6) is -57.8. The molecule has 6 atom stereocenters. The zero-order valence-electron chi connectivity index (χ0n) is 27.9. The van der Waals surface area contributed by atoms with Crippen molar-refractivity contribution < 1.29 is 148 Å². The minimum Gasteiger partial charge on any atom is -0.845 e. The van der Waals surface area contributed by atoms with E-state index in [1.165, 1.54) is 0 Å². The van der Waals surface area contributed by atoms with Crippen LogP contribution in [-0.2, 0) is 18.4 Å². The number of halogens is 17. The van der Waals surface area contributed by atoms with E-state index >= 15 is 0 Å². The van der Waals surface area contributed by atoms with Crippen LogP contribution in [0.4, 0.5) is 74.6 Å². The van der Waals surface area contributed by atoms with Crippen LogP contribution in [0.5, 0.6) is 0 Å². The molecule has 28 heteroatoms. The Morgan fingerprint density at radius 3 is 1.48 bits per heavy atom. The van der Waals surface area contributed by atoms with E-state index in [1.54, 1.807) is 0 Å². The van der Waals surface area contributed by atoms with Gasteiger partial charge in [0.1, 0.15) is 18.5 Å². The van der Waals surface area contributed by atoms with Crippen LogP contribution in [0.3, 0.4) is 0 Å². The molecule has 0 heterocycles. The van der Waals surface area contributed by atoms with Crippen LogP contribution in [0, 0.1) is 0 Å². The Kier molecular flexibility index (Phi) is 21.0. The van der Waals surface area contributed by atoms with E-state index in [-0.39, 0.29) is 42.4 Å². The van der Waals surface area contributed by atoms with Crippen molar-refractivity contribution in [2.45, 2.75) is 149 Å². The average Bonchev–Trinajstić information content (AvgIpc) is 3.03. The number of unbranched alkanes of at least 4 members (excludes halogenated alkanes) is 6. The predicted octanol–water partition coefficient (Wildman–Crippen LogP) is 3.43. The molecule has 4 N–H and O–H groups in total. The van der Waals surface area contributed by atoms with Crippen molar-refractivity contribution >= 4 is 14.1 Å². The Labute approximate surface area is 317 Å². The summed E-state index contributed by atoms with van der Waals surface area (Å²) in [6.45, 7) is 0.262. The Morgan fingerprint density at radius 2 is 1.06 bits per heavy atom. The third-order valence-corrected chi connectivity index (χ3v) is 8.64. The Hall–Kier alpha value is -0.570. The first-order chi connectivity index (χ1) is 23.6. The van der Waals surface area contributed by atoms with Crippen molar-refractivity contribution in [1.82, 2.24) is 0 Å². The molecule has 0 rings (SSSR count). The number of carbonyl (C=O) groups excluding carboxylic acids is 1. The molecule has 0 saturated heterocycles. The van der Waals surface area contributed by atoms with Crippen molar-refractivity contribution in [3.63, 3.8) is 0 Å². The number of alkyl halides is 17. The zero-order valence-corrected chi connectivity index (χ0v) is 30.8. The molecule has 2 unspecified atom stereocenters. The number of hydrogen-bond donors (Lipinski definition) is 4. The largest absolute Gasteiger partial charge is 1.00 e. The second kappa shape index (κ2) is 20.4. The Balaban J connectivity index is 0. The number of rotatable bonds is 26. The van der Waals surface area contributed by atoms with Gasteiger partial charge in [-0.1, -0.05) is 51.9 Å². The number of aliphatic hydroxyl groups excluding tert-OH is 3. The van der Waals surface area contributed by atoms with Crippen LogP contribution in [-0.4, -0.2) is 111 Å². The Morgan fingerprint density at radius 1 is 0.648 bits per heavy atom. The number of hydrogen-bond acceptors (Lipinski definition) is 8. The summed E-state index contributed by atoms with van der Waals surface area (Å²) >= 11 is 0. The first-order valence-electron chi connectivity index (χ1n) is 15.1. The summed E-state index contributed by atoms with van der Waals surface area (Å²) in [4.78, 5) is 20.3. The summed E-state index contributed by atoms with van der Waals surface area (Å²) in [5, 5.41) is 40.0. The first-order valence-corrected chi connectivity index (χ1v) is 16.6. The third-order valence-electron chi connectivity index (χ3n) is 7.60. The molecule has 0 aromatic heterocycles. The molecule has 0 aromatic carbocycles. The van der Waals surface area contributed by atoms with Crippen LogP contribution < -0.4 is 34.7 Å².